The van der Waals surface area contributed by atoms with Crippen molar-refractivity contribution in [3.8, 4) is 5.75 Å². The highest BCUT2D eigenvalue weighted by Crippen LogP contribution is 2.31. The lowest BCUT2D eigenvalue weighted by molar-refractivity contribution is -0.137. The smallest absolute Gasteiger partial charge is 0.417 e. The zero-order chi connectivity index (χ0) is 17.6. The predicted molar refractivity (Wildman–Crippen MR) is 91.4 cm³/mol. The molecule has 2 aromatic carbocycles. The number of nitrogens with zero attached hydrogens (tertiary/aromatic N) is 1. The lowest BCUT2D eigenvalue weighted by atomic mass is 10.1. The van der Waals surface area contributed by atoms with Gasteiger partial charge in [-0.15, -0.1) is 0 Å². The molecule has 0 aliphatic heterocycles. The Kier molecular flexibility index (Phi) is 5.75. The molecule has 0 heterocycles. The van der Waals surface area contributed by atoms with Crippen LogP contribution in [0.15, 0.2) is 53.6 Å². The van der Waals surface area contributed by atoms with E-state index >= 15 is 0 Å². The van der Waals surface area contributed by atoms with E-state index in [0.717, 1.165) is 12.3 Å². The molecule has 0 aliphatic carbocycles. The predicted octanol–water partition coefficient (Wildman–Crippen LogP) is 4.03. The summed E-state index contributed by atoms with van der Waals surface area (Å²) >= 11 is 5.03. The van der Waals surface area contributed by atoms with Gasteiger partial charge in [-0.1, -0.05) is 18.2 Å². The largest absolute Gasteiger partial charge is 0.497 e. The molecule has 0 unspecified atom stereocenters. The standard InChI is InChI=1S/C16H14F3N3OS/c1-23-13-8-6-12(7-9-13)21-15(24)22-20-10-11-4-2-3-5-14(11)16(17,18)19/h2-10H,1H3,(H2,21,22,24)/b20-10-. The molecule has 8 heteroatoms. The Labute approximate surface area is 142 Å². The summed E-state index contributed by atoms with van der Waals surface area (Å²) in [4.78, 5) is 0. The number of anilines is 1. The topological polar surface area (TPSA) is 45.6 Å². The molecule has 0 fully saturated rings. The maximum Gasteiger partial charge on any atom is 0.417 e. The van der Waals surface area contributed by atoms with Crippen molar-refractivity contribution in [3.63, 3.8) is 0 Å². The number of rotatable bonds is 4. The van der Waals surface area contributed by atoms with Gasteiger partial charge in [0.2, 0.25) is 0 Å². The van der Waals surface area contributed by atoms with Crippen molar-refractivity contribution in [2.75, 3.05) is 12.4 Å². The van der Waals surface area contributed by atoms with E-state index < -0.39 is 11.7 Å². The zero-order valence-electron chi connectivity index (χ0n) is 12.6. The van der Waals surface area contributed by atoms with Crippen LogP contribution in [0.3, 0.4) is 0 Å². The monoisotopic (exact) mass is 353 g/mol. The van der Waals surface area contributed by atoms with Crippen LogP contribution in [-0.4, -0.2) is 18.4 Å². The summed E-state index contributed by atoms with van der Waals surface area (Å²) in [5.74, 6) is 0.696. The molecule has 0 bridgehead atoms. The summed E-state index contributed by atoms with van der Waals surface area (Å²) in [5.41, 5.74) is 2.36. The van der Waals surface area contributed by atoms with Crippen molar-refractivity contribution in [1.82, 2.24) is 5.43 Å². The van der Waals surface area contributed by atoms with Gasteiger partial charge in [-0.2, -0.15) is 18.3 Å². The first-order chi connectivity index (χ1) is 11.4. The molecular weight excluding hydrogens is 339 g/mol. The first-order valence-corrected chi connectivity index (χ1v) is 7.21. The summed E-state index contributed by atoms with van der Waals surface area (Å²) in [6.45, 7) is 0. The fourth-order valence-electron chi connectivity index (χ4n) is 1.86. The number of alkyl halides is 3. The minimum atomic E-state index is -4.44. The van der Waals surface area contributed by atoms with E-state index in [2.05, 4.69) is 15.8 Å². The molecule has 0 saturated carbocycles. The van der Waals surface area contributed by atoms with Gasteiger partial charge in [0.15, 0.2) is 5.11 Å². The summed E-state index contributed by atoms with van der Waals surface area (Å²) in [5, 5.41) is 6.75. The SMILES string of the molecule is COc1ccc(NC(=S)N/N=C\c2ccccc2C(F)(F)F)cc1. The number of hydrogen-bond acceptors (Lipinski definition) is 3. The maximum atomic E-state index is 12.9. The number of thiocarbonyl (C=S) groups is 1. The second-order valence-electron chi connectivity index (χ2n) is 4.64. The molecule has 24 heavy (non-hydrogen) atoms. The van der Waals surface area contributed by atoms with Crippen molar-refractivity contribution in [1.29, 1.82) is 0 Å². The third-order valence-corrected chi connectivity index (χ3v) is 3.18. The number of hydrazone groups is 1. The number of nitrogens with one attached hydrogen (secondary N) is 2. The molecule has 0 aromatic heterocycles. The van der Waals surface area contributed by atoms with Crippen molar-refractivity contribution in [3.05, 3.63) is 59.7 Å². The number of methoxy groups -OCH3 is 1. The molecule has 2 rings (SSSR count). The van der Waals surface area contributed by atoms with Gasteiger partial charge in [-0.05, 0) is 42.5 Å². The van der Waals surface area contributed by atoms with Crippen molar-refractivity contribution in [2.45, 2.75) is 6.18 Å². The van der Waals surface area contributed by atoms with Crippen LogP contribution in [0.2, 0.25) is 0 Å². The van der Waals surface area contributed by atoms with Crippen LogP contribution in [0.5, 0.6) is 5.75 Å². The van der Waals surface area contributed by atoms with E-state index in [9.17, 15) is 13.2 Å². The minimum Gasteiger partial charge on any atom is -0.497 e. The van der Waals surface area contributed by atoms with Gasteiger partial charge >= 0.3 is 6.18 Å². The number of ether oxygens (including phenoxy) is 1. The van der Waals surface area contributed by atoms with E-state index in [0.29, 0.717) is 11.4 Å². The summed E-state index contributed by atoms with van der Waals surface area (Å²) < 4.78 is 43.6. The molecule has 0 spiro atoms. The quantitative estimate of drug-likeness (QED) is 0.495. The molecule has 2 N–H and O–H groups in total. The Morgan fingerprint density at radius 1 is 1.12 bits per heavy atom. The van der Waals surface area contributed by atoms with Gasteiger partial charge in [0, 0.05) is 11.3 Å². The molecule has 0 atom stereocenters. The van der Waals surface area contributed by atoms with Gasteiger partial charge in [-0.25, -0.2) is 0 Å². The average molecular weight is 353 g/mol. The van der Waals surface area contributed by atoms with Crippen LogP contribution in [0, 0.1) is 0 Å². The van der Waals surface area contributed by atoms with E-state index in [1.165, 1.54) is 18.2 Å². The lowest BCUT2D eigenvalue weighted by Crippen LogP contribution is -2.24. The number of benzene rings is 2. The fraction of sp³-hybridized carbons (Fsp3) is 0.125. The number of hydrogen-bond donors (Lipinski definition) is 2. The Balaban J connectivity index is 1.97. The van der Waals surface area contributed by atoms with Crippen LogP contribution in [-0.2, 0) is 6.18 Å². The van der Waals surface area contributed by atoms with E-state index in [-0.39, 0.29) is 10.7 Å². The normalized spacial score (nSPS) is 11.3. The molecule has 2 aromatic rings. The average Bonchev–Trinajstić information content (AvgIpc) is 2.55. The second kappa shape index (κ2) is 7.78. The van der Waals surface area contributed by atoms with E-state index in [4.69, 9.17) is 17.0 Å². The van der Waals surface area contributed by atoms with Gasteiger partial charge in [0.05, 0.1) is 18.9 Å². The highest BCUT2D eigenvalue weighted by molar-refractivity contribution is 7.80. The van der Waals surface area contributed by atoms with Gasteiger partial charge < -0.3 is 10.1 Å². The summed E-state index contributed by atoms with van der Waals surface area (Å²) in [6.07, 6.45) is -3.37. The molecule has 0 amide bonds. The Morgan fingerprint density at radius 2 is 1.79 bits per heavy atom. The molecule has 126 valence electrons. The van der Waals surface area contributed by atoms with Crippen LogP contribution in [0.4, 0.5) is 18.9 Å². The van der Waals surface area contributed by atoms with Crippen LogP contribution in [0.1, 0.15) is 11.1 Å². The fourth-order valence-corrected chi connectivity index (χ4v) is 2.03. The molecular formula is C16H14F3N3OS. The van der Waals surface area contributed by atoms with Crippen molar-refractivity contribution in [2.24, 2.45) is 5.10 Å². The highest BCUT2D eigenvalue weighted by atomic mass is 32.1. The minimum absolute atomic E-state index is 0.0512. The first-order valence-electron chi connectivity index (χ1n) is 6.80. The van der Waals surface area contributed by atoms with Crippen molar-refractivity contribution >= 4 is 29.2 Å². The zero-order valence-corrected chi connectivity index (χ0v) is 13.4. The molecule has 0 saturated heterocycles. The van der Waals surface area contributed by atoms with Crippen LogP contribution >= 0.6 is 12.2 Å². The van der Waals surface area contributed by atoms with Gasteiger partial charge in [0.25, 0.3) is 0 Å². The van der Waals surface area contributed by atoms with Crippen LogP contribution in [0.25, 0.3) is 0 Å². The maximum absolute atomic E-state index is 12.9. The third-order valence-electron chi connectivity index (χ3n) is 2.98. The Hall–Kier alpha value is -2.61. The van der Waals surface area contributed by atoms with Crippen LogP contribution < -0.4 is 15.5 Å². The number of halogens is 3. The Bertz CT molecular complexity index is 730. The molecule has 4 nitrogen and oxygen atoms in total. The van der Waals surface area contributed by atoms with Crippen molar-refractivity contribution < 1.29 is 17.9 Å². The van der Waals surface area contributed by atoms with Gasteiger partial charge in [-0.3, -0.25) is 5.43 Å². The second-order valence-corrected chi connectivity index (χ2v) is 5.05. The Morgan fingerprint density at radius 3 is 2.42 bits per heavy atom. The summed E-state index contributed by atoms with van der Waals surface area (Å²) in [6, 6.07) is 12.1. The summed E-state index contributed by atoms with van der Waals surface area (Å²) in [7, 11) is 1.56. The highest BCUT2D eigenvalue weighted by Gasteiger charge is 2.32. The third kappa shape index (κ3) is 4.95. The first kappa shape index (κ1) is 17.7. The van der Waals surface area contributed by atoms with E-state index in [1.807, 2.05) is 0 Å². The molecule has 0 radical (unpaired) electrons. The van der Waals surface area contributed by atoms with E-state index in [1.54, 1.807) is 31.4 Å². The molecule has 0 aliphatic rings. The lowest BCUT2D eigenvalue weighted by Gasteiger charge is -2.10. The van der Waals surface area contributed by atoms with Gasteiger partial charge in [0.1, 0.15) is 5.75 Å².